The molecule has 0 saturated carbocycles. The van der Waals surface area contributed by atoms with Crippen molar-refractivity contribution in [1.82, 2.24) is 0 Å². The zero-order valence-electron chi connectivity index (χ0n) is 39.7. The molecule has 0 unspecified atom stereocenters. The third-order valence-electron chi connectivity index (χ3n) is 10.8. The molecular formula is C60H51O9P. The molecular weight excluding hydrogens is 896 g/mol. The van der Waals surface area contributed by atoms with Crippen molar-refractivity contribution in [3.8, 4) is 86.2 Å². The quantitative estimate of drug-likeness (QED) is 0.0781. The molecule has 9 aromatic rings. The summed E-state index contributed by atoms with van der Waals surface area (Å²) >= 11 is 0. The van der Waals surface area contributed by atoms with E-state index in [1.165, 1.54) is 0 Å². The molecule has 0 spiro atoms. The minimum absolute atomic E-state index is 0.309. The third-order valence-corrected chi connectivity index (χ3v) is 11.8. The van der Waals surface area contributed by atoms with Gasteiger partial charge in [0, 0.05) is 18.2 Å². The summed E-state index contributed by atoms with van der Waals surface area (Å²) in [6.07, 6.45) is 0. The van der Waals surface area contributed by atoms with E-state index >= 15 is 0 Å². The van der Waals surface area contributed by atoms with Crippen LogP contribution in [-0.4, -0.2) is 0 Å². The summed E-state index contributed by atoms with van der Waals surface area (Å²) in [6, 6.07) is 62.7. The van der Waals surface area contributed by atoms with E-state index in [2.05, 4.69) is 0 Å². The molecule has 0 amide bonds. The van der Waals surface area contributed by atoms with Crippen LogP contribution in [0.25, 0.3) is 0 Å². The third kappa shape index (κ3) is 12.8. The Morgan fingerprint density at radius 3 is 0.600 bits per heavy atom. The Hall–Kier alpha value is -8.39. The van der Waals surface area contributed by atoms with Gasteiger partial charge in [-0.25, -0.2) is 0 Å². The van der Waals surface area contributed by atoms with Gasteiger partial charge in [-0.3, -0.25) is 0 Å². The smallest absolute Gasteiger partial charge is 0.457 e. The highest BCUT2D eigenvalue weighted by atomic mass is 31.2. The molecule has 0 aliphatic heterocycles. The average molecular weight is 947 g/mol. The van der Waals surface area contributed by atoms with Crippen LogP contribution in [0.5, 0.6) is 86.2 Å². The molecule has 0 aromatic heterocycles. The number of rotatable bonds is 18. The van der Waals surface area contributed by atoms with Crippen LogP contribution < -0.4 is 42.0 Å². The van der Waals surface area contributed by atoms with Gasteiger partial charge in [-0.1, -0.05) is 106 Å². The van der Waals surface area contributed by atoms with Crippen molar-refractivity contribution >= 4 is 8.60 Å². The van der Waals surface area contributed by atoms with Gasteiger partial charge in [0.05, 0.1) is 0 Å². The van der Waals surface area contributed by atoms with Gasteiger partial charge in [-0.15, -0.1) is 0 Å². The Balaban J connectivity index is 1.12. The molecule has 70 heavy (non-hydrogen) atoms. The largest absolute Gasteiger partial charge is 0.530 e. The van der Waals surface area contributed by atoms with Crippen LogP contribution in [0.1, 0.15) is 33.4 Å². The van der Waals surface area contributed by atoms with Gasteiger partial charge in [-0.05, 0) is 151 Å². The van der Waals surface area contributed by atoms with E-state index in [9.17, 15) is 0 Å². The maximum atomic E-state index is 6.85. The second-order valence-electron chi connectivity index (χ2n) is 16.8. The fourth-order valence-corrected chi connectivity index (χ4v) is 7.89. The number of hydrogen-bond donors (Lipinski definition) is 0. The standard InChI is InChI=1S/C60H51O9P/c1-40-7-19-46(20-8-40)61-52-31-34-55(58(37-52)64-49-25-13-43(4)14-26-49)67-70(68-56-35-32-53(62-47-21-9-41(2)10-22-47)38-59(56)65-50-27-15-44(5)16-28-50)69-57-36-33-54(63-48-23-11-42(3)12-24-48)39-60(57)66-51-29-17-45(6)18-30-51/h7-39H,1-6H3. The maximum absolute atomic E-state index is 6.85. The summed E-state index contributed by atoms with van der Waals surface area (Å²) in [5.41, 5.74) is 6.62. The van der Waals surface area contributed by atoms with Crippen molar-refractivity contribution in [2.45, 2.75) is 41.5 Å². The molecule has 0 aliphatic carbocycles. The molecule has 0 radical (unpaired) electrons. The van der Waals surface area contributed by atoms with Gasteiger partial charge in [0.2, 0.25) is 0 Å². The first kappa shape index (κ1) is 46.7. The summed E-state index contributed by atoms with van der Waals surface area (Å²) in [7, 11) is -2.42. The predicted molar refractivity (Wildman–Crippen MR) is 276 cm³/mol. The lowest BCUT2D eigenvalue weighted by Crippen LogP contribution is -2.05. The van der Waals surface area contributed by atoms with E-state index in [0.717, 1.165) is 33.4 Å². The van der Waals surface area contributed by atoms with Gasteiger partial charge in [0.1, 0.15) is 51.7 Å². The average Bonchev–Trinajstić information content (AvgIpc) is 3.35. The van der Waals surface area contributed by atoms with E-state index in [4.69, 9.17) is 42.0 Å². The van der Waals surface area contributed by atoms with E-state index in [0.29, 0.717) is 86.2 Å². The first-order valence-corrected chi connectivity index (χ1v) is 23.8. The number of ether oxygens (including phenoxy) is 6. The molecule has 0 fully saturated rings. The number of hydrogen-bond acceptors (Lipinski definition) is 9. The van der Waals surface area contributed by atoms with Gasteiger partial charge in [-0.2, -0.15) is 0 Å². The molecule has 0 atom stereocenters. The van der Waals surface area contributed by atoms with Gasteiger partial charge < -0.3 is 42.0 Å². The first-order chi connectivity index (χ1) is 34.0. The molecule has 350 valence electrons. The summed E-state index contributed by atoms with van der Waals surface area (Å²) in [5, 5.41) is 0. The molecule has 10 heteroatoms. The Morgan fingerprint density at radius 1 is 0.200 bits per heavy atom. The predicted octanol–water partition coefficient (Wildman–Crippen LogP) is 18.1. The second kappa shape index (κ2) is 21.7. The van der Waals surface area contributed by atoms with Crippen molar-refractivity contribution in [3.05, 3.63) is 234 Å². The highest BCUT2D eigenvalue weighted by Crippen LogP contribution is 2.52. The lowest BCUT2D eigenvalue weighted by molar-refractivity contribution is 0.354. The van der Waals surface area contributed by atoms with Crippen LogP contribution in [0.4, 0.5) is 0 Å². The second-order valence-corrected chi connectivity index (χ2v) is 17.8. The highest BCUT2D eigenvalue weighted by molar-refractivity contribution is 7.43. The van der Waals surface area contributed by atoms with Crippen LogP contribution in [-0.2, 0) is 0 Å². The number of aryl methyl sites for hydroxylation is 6. The zero-order chi connectivity index (χ0) is 48.4. The SMILES string of the molecule is Cc1ccc(Oc2ccc(OP(Oc3ccc(Oc4ccc(C)cc4)cc3Oc3ccc(C)cc3)Oc3ccc(Oc4ccc(C)cc4)cc3Oc3ccc(C)cc3)c(Oc3ccc(C)cc3)c2)cc1. The maximum Gasteiger partial charge on any atom is 0.530 e. The summed E-state index contributed by atoms with van der Waals surface area (Å²) < 4.78 is 59.2. The molecule has 9 nitrogen and oxygen atoms in total. The lowest BCUT2D eigenvalue weighted by Gasteiger charge is -2.22. The van der Waals surface area contributed by atoms with E-state index < -0.39 is 8.60 Å². The molecule has 9 aromatic carbocycles. The molecule has 0 N–H and O–H groups in total. The fourth-order valence-electron chi connectivity index (χ4n) is 6.84. The summed E-state index contributed by atoms with van der Waals surface area (Å²) in [6.45, 7) is 12.1. The van der Waals surface area contributed by atoms with Crippen molar-refractivity contribution in [1.29, 1.82) is 0 Å². The molecule has 0 saturated heterocycles. The fraction of sp³-hybridized carbons (Fsp3) is 0.100. The Kier molecular flexibility index (Phi) is 14.5. The van der Waals surface area contributed by atoms with E-state index in [1.54, 1.807) is 54.6 Å². The first-order valence-electron chi connectivity index (χ1n) is 22.8. The Morgan fingerprint density at radius 2 is 0.386 bits per heavy atom. The normalized spacial score (nSPS) is 10.8. The molecule has 0 bridgehead atoms. The summed E-state index contributed by atoms with van der Waals surface area (Å²) in [5.74, 6) is 7.33. The molecule has 9 rings (SSSR count). The molecule has 0 aliphatic rings. The monoisotopic (exact) mass is 946 g/mol. The van der Waals surface area contributed by atoms with Gasteiger partial charge in [0.25, 0.3) is 0 Å². The van der Waals surface area contributed by atoms with Crippen LogP contribution in [0, 0.1) is 41.5 Å². The van der Waals surface area contributed by atoms with Gasteiger partial charge in [0.15, 0.2) is 34.5 Å². The van der Waals surface area contributed by atoms with Crippen LogP contribution >= 0.6 is 8.60 Å². The zero-order valence-corrected chi connectivity index (χ0v) is 40.6. The Labute approximate surface area is 410 Å². The minimum Gasteiger partial charge on any atom is -0.457 e. The van der Waals surface area contributed by atoms with Crippen molar-refractivity contribution in [2.24, 2.45) is 0 Å². The highest BCUT2D eigenvalue weighted by Gasteiger charge is 2.27. The van der Waals surface area contributed by atoms with E-state index in [1.807, 2.05) is 187 Å². The van der Waals surface area contributed by atoms with Crippen LogP contribution in [0.3, 0.4) is 0 Å². The van der Waals surface area contributed by atoms with Crippen molar-refractivity contribution in [2.75, 3.05) is 0 Å². The Bertz CT molecular complexity index is 2810. The van der Waals surface area contributed by atoms with Crippen LogP contribution in [0.2, 0.25) is 0 Å². The van der Waals surface area contributed by atoms with Crippen molar-refractivity contribution < 1.29 is 42.0 Å². The topological polar surface area (TPSA) is 83.1 Å². The lowest BCUT2D eigenvalue weighted by atomic mass is 10.2. The molecule has 0 heterocycles. The van der Waals surface area contributed by atoms with Crippen molar-refractivity contribution in [3.63, 3.8) is 0 Å². The van der Waals surface area contributed by atoms with Crippen LogP contribution in [0.15, 0.2) is 200 Å². The minimum atomic E-state index is -2.42. The number of benzene rings is 9. The van der Waals surface area contributed by atoms with Gasteiger partial charge >= 0.3 is 8.60 Å². The van der Waals surface area contributed by atoms with E-state index in [-0.39, 0.29) is 0 Å². The summed E-state index contributed by atoms with van der Waals surface area (Å²) in [4.78, 5) is 0.